The summed E-state index contributed by atoms with van der Waals surface area (Å²) in [7, 11) is -8.54. The first-order chi connectivity index (χ1) is 8.16. The summed E-state index contributed by atoms with van der Waals surface area (Å²) in [5.74, 6) is -0.897. The summed E-state index contributed by atoms with van der Waals surface area (Å²) >= 11 is 0. The Labute approximate surface area is 105 Å². The van der Waals surface area contributed by atoms with Gasteiger partial charge in [0.2, 0.25) is 0 Å². The highest BCUT2D eigenvalue weighted by Crippen LogP contribution is 2.16. The number of rotatable bonds is 5. The van der Waals surface area contributed by atoms with Crippen molar-refractivity contribution in [3.63, 3.8) is 0 Å². The average molecular weight is 295 g/mol. The number of anilines is 1. The van der Waals surface area contributed by atoms with Gasteiger partial charge >= 0.3 is 0 Å². The van der Waals surface area contributed by atoms with Gasteiger partial charge in [0.05, 0.1) is 17.3 Å². The highest BCUT2D eigenvalue weighted by Gasteiger charge is 2.29. The van der Waals surface area contributed by atoms with Gasteiger partial charge in [0.15, 0.2) is 9.84 Å². The summed E-state index contributed by atoms with van der Waals surface area (Å²) in [5.41, 5.74) is 5.76. The Bertz CT molecular complexity index is 605. The van der Waals surface area contributed by atoms with Gasteiger partial charge < -0.3 is 10.8 Å². The van der Waals surface area contributed by atoms with Crippen LogP contribution in [0, 0.1) is 0 Å². The summed E-state index contributed by atoms with van der Waals surface area (Å²) in [5, 5.41) is 7.03. The first kappa shape index (κ1) is 14.9. The molecule has 9 heteroatoms. The standard InChI is InChI=1S/C9H13NO6S2/c10-7-1-3-8(4-2-7)17(12,13)6-9(5-11)18(14,15)16/h1-4,9,11H,5-6,10H2,(H,14,15,16). The summed E-state index contributed by atoms with van der Waals surface area (Å²) in [6.45, 7) is -0.979. The lowest BCUT2D eigenvalue weighted by Crippen LogP contribution is -2.32. The lowest BCUT2D eigenvalue weighted by molar-refractivity contribution is 0.289. The molecule has 0 spiro atoms. The van der Waals surface area contributed by atoms with Crippen LogP contribution in [0.25, 0.3) is 0 Å². The zero-order valence-corrected chi connectivity index (χ0v) is 10.9. The molecule has 0 aliphatic carbocycles. The number of hydrogen-bond donors (Lipinski definition) is 3. The molecule has 0 aromatic heterocycles. The van der Waals surface area contributed by atoms with Crippen molar-refractivity contribution < 1.29 is 26.5 Å². The van der Waals surface area contributed by atoms with Crippen LogP contribution in [0.4, 0.5) is 5.69 Å². The van der Waals surface area contributed by atoms with Crippen LogP contribution in [0.5, 0.6) is 0 Å². The predicted molar refractivity (Wildman–Crippen MR) is 65.3 cm³/mol. The van der Waals surface area contributed by atoms with E-state index in [2.05, 4.69) is 0 Å². The summed E-state index contributed by atoms with van der Waals surface area (Å²) < 4.78 is 54.1. The average Bonchev–Trinajstić information content (AvgIpc) is 2.25. The SMILES string of the molecule is Nc1ccc(S(=O)(=O)CC(CO)S(=O)(=O)O)cc1. The van der Waals surface area contributed by atoms with Crippen molar-refractivity contribution in [3.05, 3.63) is 24.3 Å². The van der Waals surface area contributed by atoms with Gasteiger partial charge in [-0.15, -0.1) is 0 Å². The van der Waals surface area contributed by atoms with Crippen molar-refractivity contribution in [2.24, 2.45) is 0 Å². The van der Waals surface area contributed by atoms with Gasteiger partial charge in [-0.3, -0.25) is 4.55 Å². The van der Waals surface area contributed by atoms with E-state index < -0.39 is 37.6 Å². The van der Waals surface area contributed by atoms with E-state index in [-0.39, 0.29) is 4.90 Å². The molecule has 1 atom stereocenters. The maximum Gasteiger partial charge on any atom is 0.271 e. The van der Waals surface area contributed by atoms with Crippen molar-refractivity contribution in [3.8, 4) is 0 Å². The number of aliphatic hydroxyl groups is 1. The highest BCUT2D eigenvalue weighted by atomic mass is 32.2. The second kappa shape index (κ2) is 5.22. The van der Waals surface area contributed by atoms with E-state index in [0.29, 0.717) is 5.69 Å². The Morgan fingerprint density at radius 3 is 2.00 bits per heavy atom. The van der Waals surface area contributed by atoms with Gasteiger partial charge in [0.1, 0.15) is 5.25 Å². The van der Waals surface area contributed by atoms with E-state index in [1.54, 1.807) is 0 Å². The molecule has 1 aromatic rings. The largest absolute Gasteiger partial charge is 0.399 e. The van der Waals surface area contributed by atoms with Gasteiger partial charge in [0, 0.05) is 5.69 Å². The predicted octanol–water partition coefficient (Wildman–Crippen LogP) is -0.709. The molecule has 0 radical (unpaired) electrons. The summed E-state index contributed by atoms with van der Waals surface area (Å²) in [6.07, 6.45) is 0. The fourth-order valence-electron chi connectivity index (χ4n) is 1.25. The maximum atomic E-state index is 11.8. The third-order valence-electron chi connectivity index (χ3n) is 2.27. The Hall–Kier alpha value is -1.16. The first-order valence-electron chi connectivity index (χ1n) is 4.82. The zero-order valence-electron chi connectivity index (χ0n) is 9.22. The molecule has 4 N–H and O–H groups in total. The van der Waals surface area contributed by atoms with Gasteiger partial charge in [-0.2, -0.15) is 8.42 Å². The van der Waals surface area contributed by atoms with Crippen molar-refractivity contribution in [2.45, 2.75) is 10.1 Å². The first-order valence-corrected chi connectivity index (χ1v) is 7.98. The molecule has 0 fully saturated rings. The molecular formula is C9H13NO6S2. The number of nitrogens with two attached hydrogens (primary N) is 1. The van der Waals surface area contributed by atoms with Crippen molar-refractivity contribution >= 4 is 25.6 Å². The molecule has 1 aromatic carbocycles. The van der Waals surface area contributed by atoms with Crippen LogP contribution in [0.3, 0.4) is 0 Å². The van der Waals surface area contributed by atoms with Crippen molar-refractivity contribution in [1.82, 2.24) is 0 Å². The Morgan fingerprint density at radius 2 is 1.61 bits per heavy atom. The number of aliphatic hydroxyl groups excluding tert-OH is 1. The fourth-order valence-corrected chi connectivity index (χ4v) is 4.00. The molecule has 0 saturated carbocycles. The van der Waals surface area contributed by atoms with E-state index in [4.69, 9.17) is 15.4 Å². The minimum Gasteiger partial charge on any atom is -0.399 e. The molecule has 1 unspecified atom stereocenters. The Balaban J connectivity index is 3.05. The number of benzene rings is 1. The van der Waals surface area contributed by atoms with Crippen LogP contribution < -0.4 is 5.73 Å². The molecule has 0 heterocycles. The second-order valence-electron chi connectivity index (χ2n) is 3.67. The minimum absolute atomic E-state index is 0.126. The van der Waals surface area contributed by atoms with Gasteiger partial charge in [-0.05, 0) is 24.3 Å². The van der Waals surface area contributed by atoms with E-state index in [9.17, 15) is 16.8 Å². The molecule has 0 saturated heterocycles. The van der Waals surface area contributed by atoms with E-state index in [1.165, 1.54) is 24.3 Å². The third-order valence-corrected chi connectivity index (χ3v) is 5.47. The van der Waals surface area contributed by atoms with E-state index in [1.807, 2.05) is 0 Å². The molecule has 102 valence electrons. The monoisotopic (exact) mass is 295 g/mol. The lowest BCUT2D eigenvalue weighted by Gasteiger charge is -2.11. The zero-order chi connectivity index (χ0) is 14.0. The third kappa shape index (κ3) is 3.67. The lowest BCUT2D eigenvalue weighted by atomic mass is 10.3. The molecule has 18 heavy (non-hydrogen) atoms. The smallest absolute Gasteiger partial charge is 0.271 e. The normalized spacial score (nSPS) is 14.3. The molecule has 0 aliphatic rings. The van der Waals surface area contributed by atoms with Crippen LogP contribution in [-0.4, -0.2) is 44.1 Å². The van der Waals surface area contributed by atoms with E-state index in [0.717, 1.165) is 0 Å². The quantitative estimate of drug-likeness (QED) is 0.482. The summed E-state index contributed by atoms with van der Waals surface area (Å²) in [4.78, 5) is -0.126. The minimum atomic E-state index is -4.62. The Morgan fingerprint density at radius 1 is 1.11 bits per heavy atom. The number of nitrogen functional groups attached to an aromatic ring is 1. The number of hydrogen-bond acceptors (Lipinski definition) is 6. The maximum absolute atomic E-state index is 11.8. The van der Waals surface area contributed by atoms with Crippen molar-refractivity contribution in [1.29, 1.82) is 0 Å². The van der Waals surface area contributed by atoms with Crippen LogP contribution in [0.2, 0.25) is 0 Å². The second-order valence-corrected chi connectivity index (χ2v) is 7.40. The number of sulfone groups is 1. The van der Waals surface area contributed by atoms with Crippen LogP contribution in [0.1, 0.15) is 0 Å². The molecule has 0 bridgehead atoms. The van der Waals surface area contributed by atoms with Crippen LogP contribution in [-0.2, 0) is 20.0 Å². The molecule has 7 nitrogen and oxygen atoms in total. The fraction of sp³-hybridized carbons (Fsp3) is 0.333. The van der Waals surface area contributed by atoms with Gasteiger partial charge in [-0.1, -0.05) is 0 Å². The molecule has 0 amide bonds. The molecular weight excluding hydrogens is 282 g/mol. The Kier molecular flexibility index (Phi) is 4.32. The van der Waals surface area contributed by atoms with Crippen LogP contribution >= 0.6 is 0 Å². The van der Waals surface area contributed by atoms with Gasteiger partial charge in [-0.25, -0.2) is 8.42 Å². The topological polar surface area (TPSA) is 135 Å². The highest BCUT2D eigenvalue weighted by molar-refractivity contribution is 7.93. The summed E-state index contributed by atoms with van der Waals surface area (Å²) in [6, 6.07) is 5.16. The molecule has 1 rings (SSSR count). The molecule has 0 aliphatic heterocycles. The van der Waals surface area contributed by atoms with Gasteiger partial charge in [0.25, 0.3) is 10.1 Å². The van der Waals surface area contributed by atoms with Crippen LogP contribution in [0.15, 0.2) is 29.2 Å². The van der Waals surface area contributed by atoms with E-state index >= 15 is 0 Å². The van der Waals surface area contributed by atoms with Crippen molar-refractivity contribution in [2.75, 3.05) is 18.1 Å².